The van der Waals surface area contributed by atoms with Crippen LogP contribution >= 0.6 is 15.9 Å². The molecule has 0 amide bonds. The van der Waals surface area contributed by atoms with E-state index >= 15 is 0 Å². The SMILES string of the molecule is COCCNCc1ccc(Oc2ccc(Br)cc2)cc1. The fraction of sp³-hybridized carbons (Fsp3) is 0.250. The highest BCUT2D eigenvalue weighted by Crippen LogP contribution is 2.23. The third-order valence-corrected chi connectivity index (χ3v) is 3.31. The molecule has 106 valence electrons. The molecule has 2 rings (SSSR count). The summed E-state index contributed by atoms with van der Waals surface area (Å²) in [5, 5.41) is 3.31. The van der Waals surface area contributed by atoms with Gasteiger partial charge in [0.1, 0.15) is 11.5 Å². The zero-order chi connectivity index (χ0) is 14.2. The van der Waals surface area contributed by atoms with Gasteiger partial charge in [-0.15, -0.1) is 0 Å². The Labute approximate surface area is 128 Å². The monoisotopic (exact) mass is 335 g/mol. The first-order valence-electron chi connectivity index (χ1n) is 6.50. The Morgan fingerprint density at radius 2 is 1.55 bits per heavy atom. The highest BCUT2D eigenvalue weighted by atomic mass is 79.9. The van der Waals surface area contributed by atoms with Crippen LogP contribution in [0.25, 0.3) is 0 Å². The molecule has 4 heteroatoms. The summed E-state index contributed by atoms with van der Waals surface area (Å²) in [7, 11) is 1.70. The molecule has 0 aliphatic heterocycles. The van der Waals surface area contributed by atoms with E-state index < -0.39 is 0 Å². The number of nitrogens with one attached hydrogen (secondary N) is 1. The standard InChI is InChI=1S/C16H18BrNO2/c1-19-11-10-18-12-13-2-6-15(7-3-13)20-16-8-4-14(17)5-9-16/h2-9,18H,10-12H2,1H3. The number of halogens is 1. The van der Waals surface area contributed by atoms with E-state index in [0.717, 1.165) is 35.7 Å². The molecular formula is C16H18BrNO2. The van der Waals surface area contributed by atoms with Crippen molar-refractivity contribution in [2.45, 2.75) is 6.54 Å². The Morgan fingerprint density at radius 1 is 0.950 bits per heavy atom. The number of hydrogen-bond acceptors (Lipinski definition) is 3. The summed E-state index contributed by atoms with van der Waals surface area (Å²) in [5.41, 5.74) is 1.23. The van der Waals surface area contributed by atoms with Crippen molar-refractivity contribution in [3.05, 3.63) is 58.6 Å². The maximum Gasteiger partial charge on any atom is 0.127 e. The van der Waals surface area contributed by atoms with Crippen LogP contribution in [-0.4, -0.2) is 20.3 Å². The molecular weight excluding hydrogens is 318 g/mol. The van der Waals surface area contributed by atoms with E-state index in [-0.39, 0.29) is 0 Å². The van der Waals surface area contributed by atoms with Crippen LogP contribution in [-0.2, 0) is 11.3 Å². The lowest BCUT2D eigenvalue weighted by atomic mass is 10.2. The fourth-order valence-corrected chi connectivity index (χ4v) is 1.99. The Balaban J connectivity index is 1.86. The van der Waals surface area contributed by atoms with Gasteiger partial charge in [0.2, 0.25) is 0 Å². The third-order valence-electron chi connectivity index (χ3n) is 2.78. The first kappa shape index (κ1) is 15.0. The zero-order valence-corrected chi connectivity index (χ0v) is 13.0. The van der Waals surface area contributed by atoms with Crippen molar-refractivity contribution in [1.82, 2.24) is 5.32 Å². The molecule has 20 heavy (non-hydrogen) atoms. The predicted octanol–water partition coefficient (Wildman–Crippen LogP) is 3.98. The molecule has 0 spiro atoms. The van der Waals surface area contributed by atoms with Crippen molar-refractivity contribution >= 4 is 15.9 Å². The molecule has 0 aromatic heterocycles. The minimum Gasteiger partial charge on any atom is -0.457 e. The van der Waals surface area contributed by atoms with Crippen molar-refractivity contribution in [2.24, 2.45) is 0 Å². The normalized spacial score (nSPS) is 10.5. The van der Waals surface area contributed by atoms with Crippen LogP contribution in [0, 0.1) is 0 Å². The molecule has 0 aliphatic carbocycles. The lowest BCUT2D eigenvalue weighted by Crippen LogP contribution is -2.18. The van der Waals surface area contributed by atoms with Gasteiger partial charge in [0.05, 0.1) is 6.61 Å². The van der Waals surface area contributed by atoms with Crippen LogP contribution in [0.5, 0.6) is 11.5 Å². The summed E-state index contributed by atoms with van der Waals surface area (Å²) in [4.78, 5) is 0. The van der Waals surface area contributed by atoms with E-state index in [1.807, 2.05) is 36.4 Å². The third kappa shape index (κ3) is 4.96. The Hall–Kier alpha value is -1.36. The summed E-state index contributed by atoms with van der Waals surface area (Å²) in [6, 6.07) is 15.9. The smallest absolute Gasteiger partial charge is 0.127 e. The molecule has 1 N–H and O–H groups in total. The summed E-state index contributed by atoms with van der Waals surface area (Å²) >= 11 is 3.40. The summed E-state index contributed by atoms with van der Waals surface area (Å²) in [6.45, 7) is 2.42. The maximum absolute atomic E-state index is 5.77. The number of hydrogen-bond donors (Lipinski definition) is 1. The van der Waals surface area contributed by atoms with Crippen molar-refractivity contribution in [3.8, 4) is 11.5 Å². The lowest BCUT2D eigenvalue weighted by molar-refractivity contribution is 0.199. The molecule has 2 aromatic carbocycles. The molecule has 0 radical (unpaired) electrons. The highest BCUT2D eigenvalue weighted by Gasteiger charge is 1.98. The van der Waals surface area contributed by atoms with Crippen LogP contribution in [0.4, 0.5) is 0 Å². The van der Waals surface area contributed by atoms with E-state index in [0.29, 0.717) is 0 Å². The lowest BCUT2D eigenvalue weighted by Gasteiger charge is -2.08. The summed E-state index contributed by atoms with van der Waals surface area (Å²) in [5.74, 6) is 1.67. The quantitative estimate of drug-likeness (QED) is 0.776. The minimum absolute atomic E-state index is 0.727. The predicted molar refractivity (Wildman–Crippen MR) is 84.2 cm³/mol. The average Bonchev–Trinajstić information content (AvgIpc) is 2.48. The van der Waals surface area contributed by atoms with Gasteiger partial charge >= 0.3 is 0 Å². The van der Waals surface area contributed by atoms with E-state index in [9.17, 15) is 0 Å². The van der Waals surface area contributed by atoms with Crippen molar-refractivity contribution in [2.75, 3.05) is 20.3 Å². The Kier molecular flexibility index (Phi) is 6.05. The minimum atomic E-state index is 0.727. The van der Waals surface area contributed by atoms with Gasteiger partial charge in [-0.05, 0) is 42.0 Å². The first-order chi connectivity index (χ1) is 9.78. The molecule has 0 saturated carbocycles. The van der Waals surface area contributed by atoms with Crippen LogP contribution in [0.3, 0.4) is 0 Å². The highest BCUT2D eigenvalue weighted by molar-refractivity contribution is 9.10. The maximum atomic E-state index is 5.77. The topological polar surface area (TPSA) is 30.5 Å². The molecule has 0 bridgehead atoms. The zero-order valence-electron chi connectivity index (χ0n) is 11.4. The summed E-state index contributed by atoms with van der Waals surface area (Å²) < 4.78 is 11.8. The largest absolute Gasteiger partial charge is 0.457 e. The van der Waals surface area contributed by atoms with E-state index in [1.54, 1.807) is 7.11 Å². The van der Waals surface area contributed by atoms with E-state index in [2.05, 4.69) is 33.4 Å². The number of benzene rings is 2. The van der Waals surface area contributed by atoms with Gasteiger partial charge in [-0.2, -0.15) is 0 Å². The fourth-order valence-electron chi connectivity index (χ4n) is 1.72. The molecule has 0 unspecified atom stereocenters. The molecule has 0 saturated heterocycles. The van der Waals surface area contributed by atoms with Crippen LogP contribution in [0.2, 0.25) is 0 Å². The van der Waals surface area contributed by atoms with Crippen LogP contribution in [0.15, 0.2) is 53.0 Å². The second kappa shape index (κ2) is 8.04. The number of methoxy groups -OCH3 is 1. The second-order valence-electron chi connectivity index (χ2n) is 4.37. The van der Waals surface area contributed by atoms with E-state index in [4.69, 9.17) is 9.47 Å². The van der Waals surface area contributed by atoms with Gasteiger partial charge < -0.3 is 14.8 Å². The van der Waals surface area contributed by atoms with E-state index in [1.165, 1.54) is 5.56 Å². The average molecular weight is 336 g/mol. The Morgan fingerprint density at radius 3 is 2.15 bits per heavy atom. The summed E-state index contributed by atoms with van der Waals surface area (Å²) in [6.07, 6.45) is 0. The molecule has 2 aromatic rings. The van der Waals surface area contributed by atoms with Gasteiger partial charge in [0, 0.05) is 24.7 Å². The van der Waals surface area contributed by atoms with Crippen molar-refractivity contribution in [3.63, 3.8) is 0 Å². The van der Waals surface area contributed by atoms with Crippen molar-refractivity contribution < 1.29 is 9.47 Å². The number of rotatable bonds is 7. The second-order valence-corrected chi connectivity index (χ2v) is 5.29. The van der Waals surface area contributed by atoms with Gasteiger partial charge in [0.25, 0.3) is 0 Å². The van der Waals surface area contributed by atoms with Crippen LogP contribution < -0.4 is 10.1 Å². The number of ether oxygens (including phenoxy) is 2. The van der Waals surface area contributed by atoms with Gasteiger partial charge in [0.15, 0.2) is 0 Å². The molecule has 0 atom stereocenters. The van der Waals surface area contributed by atoms with Gasteiger partial charge in [-0.25, -0.2) is 0 Å². The van der Waals surface area contributed by atoms with Crippen molar-refractivity contribution in [1.29, 1.82) is 0 Å². The Bertz CT molecular complexity index is 511. The first-order valence-corrected chi connectivity index (χ1v) is 7.29. The molecule has 0 fully saturated rings. The van der Waals surface area contributed by atoms with Gasteiger partial charge in [-0.3, -0.25) is 0 Å². The molecule has 3 nitrogen and oxygen atoms in total. The molecule has 0 aliphatic rings. The van der Waals surface area contributed by atoms with Gasteiger partial charge in [-0.1, -0.05) is 28.1 Å². The van der Waals surface area contributed by atoms with Crippen LogP contribution in [0.1, 0.15) is 5.56 Å². The molecule has 0 heterocycles.